The molecule has 0 saturated carbocycles. The van der Waals surface area contributed by atoms with Crippen molar-refractivity contribution in [3.63, 3.8) is 0 Å². The van der Waals surface area contributed by atoms with Gasteiger partial charge in [-0.1, -0.05) is 12.1 Å². The highest BCUT2D eigenvalue weighted by molar-refractivity contribution is 5.34. The number of piperidine rings is 1. The Morgan fingerprint density at radius 3 is 2.81 bits per heavy atom. The molecule has 16 heavy (non-hydrogen) atoms. The minimum atomic E-state index is -2.36. The van der Waals surface area contributed by atoms with E-state index in [1.54, 1.807) is 6.07 Å². The molecular weight excluding hydrogens is 208 g/mol. The van der Waals surface area contributed by atoms with Gasteiger partial charge in [-0.15, -0.1) is 0 Å². The number of alkyl halides is 2. The first-order valence-corrected chi connectivity index (χ1v) is 5.78. The Kier molecular flexibility index (Phi) is 3.54. The average molecular weight is 225 g/mol. The van der Waals surface area contributed by atoms with Gasteiger partial charge < -0.3 is 5.32 Å². The van der Waals surface area contributed by atoms with Gasteiger partial charge in [-0.05, 0) is 49.4 Å². The van der Waals surface area contributed by atoms with E-state index in [9.17, 15) is 8.78 Å². The van der Waals surface area contributed by atoms with Gasteiger partial charge in [-0.2, -0.15) is 0 Å². The fraction of sp³-hybridized carbons (Fsp3) is 0.538. The van der Waals surface area contributed by atoms with Gasteiger partial charge in [0.2, 0.25) is 0 Å². The summed E-state index contributed by atoms with van der Waals surface area (Å²) in [6.07, 6.45) is -0.139. The molecule has 1 aliphatic heterocycles. The summed E-state index contributed by atoms with van der Waals surface area (Å²) in [7, 11) is 0. The van der Waals surface area contributed by atoms with Gasteiger partial charge in [0.05, 0.1) is 0 Å². The lowest BCUT2D eigenvalue weighted by Crippen LogP contribution is -2.28. The monoisotopic (exact) mass is 225 g/mol. The zero-order chi connectivity index (χ0) is 11.5. The van der Waals surface area contributed by atoms with Crippen LogP contribution in [0.4, 0.5) is 8.78 Å². The standard InChI is InChI=1S/C13H17F2N/c1-9-4-5-10(13(14)15)7-12(9)11-3-2-6-16-8-11/h4-5,7,11,13,16H,2-3,6,8H2,1H3. The van der Waals surface area contributed by atoms with Crippen LogP contribution in [0.3, 0.4) is 0 Å². The molecule has 0 bridgehead atoms. The number of hydrogen-bond donors (Lipinski definition) is 1. The molecule has 1 unspecified atom stereocenters. The molecule has 88 valence electrons. The quantitative estimate of drug-likeness (QED) is 0.813. The highest BCUT2D eigenvalue weighted by Crippen LogP contribution is 2.29. The van der Waals surface area contributed by atoms with Crippen molar-refractivity contribution in [2.45, 2.75) is 32.1 Å². The molecule has 0 amide bonds. The van der Waals surface area contributed by atoms with Gasteiger partial charge in [0.15, 0.2) is 0 Å². The van der Waals surface area contributed by atoms with Crippen molar-refractivity contribution in [3.8, 4) is 0 Å². The highest BCUT2D eigenvalue weighted by atomic mass is 19.3. The molecule has 2 rings (SSSR count). The molecule has 1 aliphatic rings. The van der Waals surface area contributed by atoms with Crippen LogP contribution in [-0.4, -0.2) is 13.1 Å². The normalized spacial score (nSPS) is 21.4. The fourth-order valence-corrected chi connectivity index (χ4v) is 2.35. The molecule has 1 heterocycles. The maximum absolute atomic E-state index is 12.6. The number of rotatable bonds is 2. The molecule has 1 atom stereocenters. The predicted molar refractivity (Wildman–Crippen MR) is 61.0 cm³/mol. The SMILES string of the molecule is Cc1ccc(C(F)F)cc1C1CCCNC1. The van der Waals surface area contributed by atoms with Gasteiger partial charge in [-0.25, -0.2) is 8.78 Å². The largest absolute Gasteiger partial charge is 0.316 e. The number of hydrogen-bond acceptors (Lipinski definition) is 1. The highest BCUT2D eigenvalue weighted by Gasteiger charge is 2.18. The van der Waals surface area contributed by atoms with Crippen LogP contribution in [0.25, 0.3) is 0 Å². The minimum absolute atomic E-state index is 0.145. The Hall–Kier alpha value is -0.960. The van der Waals surface area contributed by atoms with E-state index in [4.69, 9.17) is 0 Å². The first-order chi connectivity index (χ1) is 7.68. The average Bonchev–Trinajstić information content (AvgIpc) is 2.30. The molecule has 1 aromatic rings. The van der Waals surface area contributed by atoms with Crippen LogP contribution in [0.1, 0.15) is 41.9 Å². The van der Waals surface area contributed by atoms with E-state index >= 15 is 0 Å². The summed E-state index contributed by atoms with van der Waals surface area (Å²) in [6.45, 7) is 3.96. The second-order valence-electron chi connectivity index (χ2n) is 4.46. The molecule has 0 spiro atoms. The molecule has 1 fully saturated rings. The van der Waals surface area contributed by atoms with E-state index in [-0.39, 0.29) is 5.56 Å². The third-order valence-electron chi connectivity index (χ3n) is 3.29. The van der Waals surface area contributed by atoms with Gasteiger partial charge in [0.1, 0.15) is 0 Å². The number of aryl methyl sites for hydroxylation is 1. The van der Waals surface area contributed by atoms with Crippen LogP contribution >= 0.6 is 0 Å². The number of benzene rings is 1. The van der Waals surface area contributed by atoms with Crippen molar-refractivity contribution in [1.29, 1.82) is 0 Å². The lowest BCUT2D eigenvalue weighted by Gasteiger charge is -2.25. The summed E-state index contributed by atoms with van der Waals surface area (Å²) in [5.74, 6) is 0.396. The number of halogens is 2. The van der Waals surface area contributed by atoms with Crippen LogP contribution < -0.4 is 5.32 Å². The maximum Gasteiger partial charge on any atom is 0.263 e. The Balaban J connectivity index is 2.27. The zero-order valence-corrected chi connectivity index (χ0v) is 9.47. The minimum Gasteiger partial charge on any atom is -0.316 e. The van der Waals surface area contributed by atoms with Crippen molar-refractivity contribution in [3.05, 3.63) is 34.9 Å². The number of nitrogens with one attached hydrogen (secondary N) is 1. The third-order valence-corrected chi connectivity index (χ3v) is 3.29. The van der Waals surface area contributed by atoms with E-state index in [1.165, 1.54) is 6.07 Å². The van der Waals surface area contributed by atoms with Crippen LogP contribution in [0.2, 0.25) is 0 Å². The van der Waals surface area contributed by atoms with E-state index in [0.29, 0.717) is 5.92 Å². The second kappa shape index (κ2) is 4.91. The van der Waals surface area contributed by atoms with Crippen LogP contribution in [0.15, 0.2) is 18.2 Å². The molecule has 3 heteroatoms. The third kappa shape index (κ3) is 2.40. The molecule has 1 saturated heterocycles. The fourth-order valence-electron chi connectivity index (χ4n) is 2.35. The summed E-state index contributed by atoms with van der Waals surface area (Å²) in [5, 5.41) is 3.32. The van der Waals surface area contributed by atoms with Crippen molar-refractivity contribution in [2.75, 3.05) is 13.1 Å². The van der Waals surface area contributed by atoms with Crippen LogP contribution in [0, 0.1) is 6.92 Å². The molecular formula is C13H17F2N. The smallest absolute Gasteiger partial charge is 0.263 e. The van der Waals surface area contributed by atoms with Crippen molar-refractivity contribution < 1.29 is 8.78 Å². The first kappa shape index (κ1) is 11.5. The molecule has 0 aromatic heterocycles. The van der Waals surface area contributed by atoms with Crippen LogP contribution in [-0.2, 0) is 0 Å². The summed E-state index contributed by atoms with van der Waals surface area (Å²) < 4.78 is 25.3. The van der Waals surface area contributed by atoms with Gasteiger partial charge in [0.25, 0.3) is 6.43 Å². The Morgan fingerprint density at radius 2 is 2.19 bits per heavy atom. The van der Waals surface area contributed by atoms with Crippen molar-refractivity contribution in [2.24, 2.45) is 0 Å². The molecule has 1 N–H and O–H groups in total. The maximum atomic E-state index is 12.6. The molecule has 1 nitrogen and oxygen atoms in total. The predicted octanol–water partition coefficient (Wildman–Crippen LogP) is 3.40. The van der Waals surface area contributed by atoms with E-state index in [0.717, 1.165) is 37.1 Å². The van der Waals surface area contributed by atoms with E-state index < -0.39 is 6.43 Å². The van der Waals surface area contributed by atoms with E-state index in [1.807, 2.05) is 13.0 Å². The lowest BCUT2D eigenvalue weighted by molar-refractivity contribution is 0.151. The molecule has 1 aromatic carbocycles. The van der Waals surface area contributed by atoms with Crippen molar-refractivity contribution >= 4 is 0 Å². The topological polar surface area (TPSA) is 12.0 Å². The molecule has 0 aliphatic carbocycles. The summed E-state index contributed by atoms with van der Waals surface area (Å²) in [6, 6.07) is 5.02. The van der Waals surface area contributed by atoms with E-state index in [2.05, 4.69) is 5.32 Å². The lowest BCUT2D eigenvalue weighted by atomic mass is 9.88. The Labute approximate surface area is 94.9 Å². The zero-order valence-electron chi connectivity index (χ0n) is 9.47. The molecule has 0 radical (unpaired) electrons. The first-order valence-electron chi connectivity index (χ1n) is 5.78. The summed E-state index contributed by atoms with van der Waals surface area (Å²) in [4.78, 5) is 0. The summed E-state index contributed by atoms with van der Waals surface area (Å²) in [5.41, 5.74) is 2.36. The van der Waals surface area contributed by atoms with Gasteiger partial charge >= 0.3 is 0 Å². The van der Waals surface area contributed by atoms with Gasteiger partial charge in [-0.3, -0.25) is 0 Å². The summed E-state index contributed by atoms with van der Waals surface area (Å²) >= 11 is 0. The van der Waals surface area contributed by atoms with Crippen molar-refractivity contribution in [1.82, 2.24) is 5.32 Å². The Morgan fingerprint density at radius 1 is 1.38 bits per heavy atom. The second-order valence-corrected chi connectivity index (χ2v) is 4.46. The van der Waals surface area contributed by atoms with Crippen LogP contribution in [0.5, 0.6) is 0 Å². The van der Waals surface area contributed by atoms with Gasteiger partial charge in [0, 0.05) is 12.1 Å². The Bertz CT molecular complexity index is 357.